The molecule has 1 atom stereocenters. The first-order chi connectivity index (χ1) is 7.29. The van der Waals surface area contributed by atoms with Gasteiger partial charge in [-0.15, -0.1) is 0 Å². The van der Waals surface area contributed by atoms with Crippen LogP contribution in [0.15, 0.2) is 12.3 Å². The number of rotatable bonds is 3. The highest BCUT2D eigenvalue weighted by Gasteiger charge is 2.23. The third kappa shape index (κ3) is 2.65. The van der Waals surface area contributed by atoms with E-state index >= 15 is 0 Å². The second-order valence-electron chi connectivity index (χ2n) is 3.77. The number of aromatic nitrogens is 2. The van der Waals surface area contributed by atoms with Gasteiger partial charge in [-0.2, -0.15) is 0 Å². The molecule has 1 aromatic heterocycles. The van der Waals surface area contributed by atoms with Gasteiger partial charge in [0.1, 0.15) is 0 Å². The Morgan fingerprint density at radius 2 is 2.47 bits per heavy atom. The van der Waals surface area contributed by atoms with Crippen molar-refractivity contribution >= 4 is 11.6 Å². The van der Waals surface area contributed by atoms with Crippen LogP contribution in [-0.4, -0.2) is 39.2 Å². The van der Waals surface area contributed by atoms with E-state index in [-0.39, 0.29) is 17.9 Å². The molecule has 0 amide bonds. The maximum absolute atomic E-state index is 9.17. The van der Waals surface area contributed by atoms with Crippen molar-refractivity contribution in [3.8, 4) is 0 Å². The molecular weight excluding hydrogens is 214 g/mol. The average Bonchev–Trinajstić information content (AvgIpc) is 2.65. The zero-order chi connectivity index (χ0) is 10.7. The van der Waals surface area contributed by atoms with E-state index in [1.807, 2.05) is 6.07 Å². The van der Waals surface area contributed by atoms with Crippen LogP contribution in [0.2, 0.25) is 5.28 Å². The minimum atomic E-state index is 0.221. The Balaban J connectivity index is 2.02. The van der Waals surface area contributed by atoms with Crippen LogP contribution in [0.4, 0.5) is 0 Å². The minimum Gasteiger partial charge on any atom is -0.395 e. The van der Waals surface area contributed by atoms with Gasteiger partial charge in [0.2, 0.25) is 5.28 Å². The summed E-state index contributed by atoms with van der Waals surface area (Å²) < 4.78 is 0. The molecule has 0 saturated carbocycles. The molecule has 2 rings (SSSR count). The van der Waals surface area contributed by atoms with E-state index in [1.54, 1.807) is 6.20 Å². The molecule has 82 valence electrons. The van der Waals surface area contributed by atoms with Crippen LogP contribution in [0.25, 0.3) is 0 Å². The van der Waals surface area contributed by atoms with Gasteiger partial charge < -0.3 is 5.11 Å². The number of aliphatic hydroxyl groups is 1. The van der Waals surface area contributed by atoms with E-state index in [4.69, 9.17) is 16.7 Å². The molecule has 1 fully saturated rings. The van der Waals surface area contributed by atoms with Crippen molar-refractivity contribution in [1.29, 1.82) is 0 Å². The summed E-state index contributed by atoms with van der Waals surface area (Å²) in [7, 11) is 0. The van der Waals surface area contributed by atoms with Gasteiger partial charge in [-0.1, -0.05) is 0 Å². The van der Waals surface area contributed by atoms with Crippen molar-refractivity contribution in [3.05, 3.63) is 23.2 Å². The third-order valence-electron chi connectivity index (χ3n) is 2.76. The first-order valence-corrected chi connectivity index (χ1v) is 5.49. The average molecular weight is 228 g/mol. The van der Waals surface area contributed by atoms with Gasteiger partial charge in [0.15, 0.2) is 0 Å². The number of aliphatic hydroxyl groups excluding tert-OH is 1. The van der Waals surface area contributed by atoms with Gasteiger partial charge in [-0.3, -0.25) is 4.90 Å². The summed E-state index contributed by atoms with van der Waals surface area (Å²) in [5.74, 6) is 0. The maximum Gasteiger partial charge on any atom is 0.222 e. The Kier molecular flexibility index (Phi) is 3.51. The van der Waals surface area contributed by atoms with Crippen LogP contribution < -0.4 is 0 Å². The van der Waals surface area contributed by atoms with Crippen LogP contribution in [-0.2, 0) is 6.54 Å². The summed E-state index contributed by atoms with van der Waals surface area (Å²) in [5.41, 5.74) is 0.912. The molecule has 0 bridgehead atoms. The lowest BCUT2D eigenvalue weighted by Gasteiger charge is -2.21. The molecule has 1 aromatic rings. The van der Waals surface area contributed by atoms with E-state index in [1.165, 1.54) is 0 Å². The molecule has 1 aliphatic rings. The summed E-state index contributed by atoms with van der Waals surface area (Å²) in [4.78, 5) is 10.2. The maximum atomic E-state index is 9.17. The molecule has 5 heteroatoms. The molecule has 0 aromatic carbocycles. The van der Waals surface area contributed by atoms with Crippen LogP contribution in [0.3, 0.4) is 0 Å². The van der Waals surface area contributed by atoms with Gasteiger partial charge in [-0.05, 0) is 37.1 Å². The van der Waals surface area contributed by atoms with Crippen molar-refractivity contribution in [1.82, 2.24) is 14.9 Å². The lowest BCUT2D eigenvalue weighted by atomic mass is 10.2. The zero-order valence-electron chi connectivity index (χ0n) is 8.43. The fourth-order valence-corrected chi connectivity index (χ4v) is 2.14. The molecule has 1 aliphatic heterocycles. The van der Waals surface area contributed by atoms with Crippen molar-refractivity contribution in [2.75, 3.05) is 13.2 Å². The molecule has 4 nitrogen and oxygen atoms in total. The van der Waals surface area contributed by atoms with Crippen molar-refractivity contribution < 1.29 is 5.11 Å². The molecule has 0 spiro atoms. The highest BCUT2D eigenvalue weighted by molar-refractivity contribution is 6.28. The molecular formula is C10H14ClN3O. The molecule has 1 unspecified atom stereocenters. The number of hydrogen-bond donors (Lipinski definition) is 1. The largest absolute Gasteiger partial charge is 0.395 e. The van der Waals surface area contributed by atoms with Gasteiger partial charge in [-0.25, -0.2) is 9.97 Å². The smallest absolute Gasteiger partial charge is 0.222 e. The van der Waals surface area contributed by atoms with Gasteiger partial charge >= 0.3 is 0 Å². The Bertz CT molecular complexity index is 334. The molecule has 1 saturated heterocycles. The van der Waals surface area contributed by atoms with Crippen LogP contribution in [0.1, 0.15) is 18.5 Å². The van der Waals surface area contributed by atoms with E-state index in [9.17, 15) is 0 Å². The second-order valence-corrected chi connectivity index (χ2v) is 4.10. The number of halogens is 1. The van der Waals surface area contributed by atoms with Crippen molar-refractivity contribution in [3.63, 3.8) is 0 Å². The lowest BCUT2D eigenvalue weighted by Crippen LogP contribution is -2.31. The summed E-state index contributed by atoms with van der Waals surface area (Å²) >= 11 is 5.71. The molecule has 2 heterocycles. The highest BCUT2D eigenvalue weighted by Crippen LogP contribution is 2.18. The van der Waals surface area contributed by atoms with E-state index in [2.05, 4.69) is 14.9 Å². The molecule has 15 heavy (non-hydrogen) atoms. The number of hydrogen-bond acceptors (Lipinski definition) is 4. The minimum absolute atomic E-state index is 0.221. The highest BCUT2D eigenvalue weighted by atomic mass is 35.5. The Hall–Kier alpha value is -0.710. The Morgan fingerprint density at radius 3 is 3.20 bits per heavy atom. The van der Waals surface area contributed by atoms with E-state index < -0.39 is 0 Å². The fourth-order valence-electron chi connectivity index (χ4n) is 1.98. The zero-order valence-corrected chi connectivity index (χ0v) is 9.19. The fraction of sp³-hybridized carbons (Fsp3) is 0.600. The van der Waals surface area contributed by atoms with Gasteiger partial charge in [0.05, 0.1) is 12.3 Å². The van der Waals surface area contributed by atoms with Crippen molar-refractivity contribution in [2.24, 2.45) is 0 Å². The number of likely N-dealkylation sites (tertiary alicyclic amines) is 1. The summed E-state index contributed by atoms with van der Waals surface area (Å²) in [6.07, 6.45) is 3.87. The lowest BCUT2D eigenvalue weighted by molar-refractivity contribution is 0.152. The normalized spacial score (nSPS) is 22.1. The quantitative estimate of drug-likeness (QED) is 0.786. The molecule has 0 radical (unpaired) electrons. The number of nitrogens with zero attached hydrogens (tertiary/aromatic N) is 3. The first kappa shape index (κ1) is 10.8. The Morgan fingerprint density at radius 1 is 1.60 bits per heavy atom. The SMILES string of the molecule is OCC1CCCN1Cc1ccnc(Cl)n1. The predicted octanol–water partition coefficient (Wildman–Crippen LogP) is 1.09. The van der Waals surface area contributed by atoms with Crippen LogP contribution in [0.5, 0.6) is 0 Å². The van der Waals surface area contributed by atoms with E-state index in [0.29, 0.717) is 0 Å². The second kappa shape index (κ2) is 4.88. The standard InChI is InChI=1S/C10H14ClN3O/c11-10-12-4-3-8(13-10)6-14-5-1-2-9(14)7-15/h3-4,9,15H,1-2,5-7H2. The Labute approximate surface area is 93.9 Å². The van der Waals surface area contributed by atoms with Gasteiger partial charge in [0, 0.05) is 18.8 Å². The molecule has 0 aliphatic carbocycles. The monoisotopic (exact) mass is 227 g/mol. The third-order valence-corrected chi connectivity index (χ3v) is 2.94. The van der Waals surface area contributed by atoms with Gasteiger partial charge in [0.25, 0.3) is 0 Å². The first-order valence-electron chi connectivity index (χ1n) is 5.12. The predicted molar refractivity (Wildman–Crippen MR) is 57.6 cm³/mol. The van der Waals surface area contributed by atoms with E-state index in [0.717, 1.165) is 31.6 Å². The molecule has 1 N–H and O–H groups in total. The van der Waals surface area contributed by atoms with Crippen LogP contribution in [0, 0.1) is 0 Å². The summed E-state index contributed by atoms with van der Waals surface area (Å²) in [6.45, 7) is 1.99. The van der Waals surface area contributed by atoms with Crippen LogP contribution >= 0.6 is 11.6 Å². The summed E-state index contributed by atoms with van der Waals surface area (Å²) in [5, 5.41) is 9.45. The summed E-state index contributed by atoms with van der Waals surface area (Å²) in [6, 6.07) is 2.14. The topological polar surface area (TPSA) is 49.2 Å². The van der Waals surface area contributed by atoms with Crippen molar-refractivity contribution in [2.45, 2.75) is 25.4 Å².